The van der Waals surface area contributed by atoms with Crippen molar-refractivity contribution in [3.8, 4) is 0 Å². The summed E-state index contributed by atoms with van der Waals surface area (Å²) >= 11 is 1.25. The lowest BCUT2D eigenvalue weighted by Gasteiger charge is -2.36. The van der Waals surface area contributed by atoms with Gasteiger partial charge in [-0.3, -0.25) is 4.79 Å². The van der Waals surface area contributed by atoms with Crippen LogP contribution in [0.4, 0.5) is 0 Å². The van der Waals surface area contributed by atoms with Gasteiger partial charge in [-0.25, -0.2) is 4.79 Å². The Bertz CT molecular complexity index is 508. The number of aliphatic carboxylic acids is 1. The highest BCUT2D eigenvalue weighted by molar-refractivity contribution is 7.06. The third-order valence-corrected chi connectivity index (χ3v) is 4.25. The summed E-state index contributed by atoms with van der Waals surface area (Å²) in [5, 5.41) is 19.0. The molecule has 1 unspecified atom stereocenters. The Kier molecular flexibility index (Phi) is 3.60. The monoisotopic (exact) mass is 284 g/mol. The van der Waals surface area contributed by atoms with Crippen molar-refractivity contribution >= 4 is 23.4 Å². The maximum Gasteiger partial charge on any atom is 0.337 e. The van der Waals surface area contributed by atoms with Crippen LogP contribution in [0.1, 0.15) is 33.8 Å². The van der Waals surface area contributed by atoms with Crippen LogP contribution in [0.3, 0.4) is 0 Å². The molecule has 7 heteroatoms. The number of piperidine rings is 1. The second-order valence-electron chi connectivity index (χ2n) is 4.87. The summed E-state index contributed by atoms with van der Waals surface area (Å²) in [6.45, 7) is 3.86. The molecule has 1 atom stereocenters. The largest absolute Gasteiger partial charge is 0.479 e. The number of aliphatic hydroxyl groups is 1. The van der Waals surface area contributed by atoms with Crippen molar-refractivity contribution in [3.05, 3.63) is 16.1 Å². The summed E-state index contributed by atoms with van der Waals surface area (Å²) < 4.78 is 4.12. The third-order valence-electron chi connectivity index (χ3n) is 3.40. The number of hydrogen-bond acceptors (Lipinski definition) is 5. The van der Waals surface area contributed by atoms with Crippen LogP contribution in [0.15, 0.2) is 0 Å². The van der Waals surface area contributed by atoms with E-state index in [4.69, 9.17) is 5.11 Å². The van der Waals surface area contributed by atoms with E-state index < -0.39 is 11.6 Å². The average molecular weight is 284 g/mol. The number of carbonyl (C=O) groups excluding carboxylic acids is 1. The molecule has 1 aliphatic rings. The van der Waals surface area contributed by atoms with Crippen LogP contribution in [0.2, 0.25) is 0 Å². The summed E-state index contributed by atoms with van der Waals surface area (Å²) in [5.41, 5.74) is -0.657. The topological polar surface area (TPSA) is 90.7 Å². The van der Waals surface area contributed by atoms with Crippen molar-refractivity contribution in [2.75, 3.05) is 13.1 Å². The number of β-amino-alcohol motifs (C(OH)–C–C–N with tert-alkyl or cyclic N) is 1. The van der Waals surface area contributed by atoms with E-state index in [1.807, 2.05) is 6.92 Å². The fourth-order valence-corrected chi connectivity index (χ4v) is 3.02. The fraction of sp³-hybridized carbons (Fsp3) is 0.583. The zero-order chi connectivity index (χ0) is 14.2. The average Bonchev–Trinajstić information content (AvgIpc) is 2.68. The first-order chi connectivity index (χ1) is 8.85. The summed E-state index contributed by atoms with van der Waals surface area (Å²) in [6, 6.07) is 0. The van der Waals surface area contributed by atoms with E-state index in [1.54, 1.807) is 6.92 Å². The minimum atomic E-state index is -1.83. The quantitative estimate of drug-likeness (QED) is 0.838. The van der Waals surface area contributed by atoms with Crippen molar-refractivity contribution < 1.29 is 19.8 Å². The first kappa shape index (κ1) is 14.0. The van der Waals surface area contributed by atoms with Gasteiger partial charge in [-0.2, -0.15) is 4.37 Å². The molecular formula is C12H16N2O4S. The number of nitrogens with zero attached hydrogens (tertiary/aromatic N) is 2. The first-order valence-electron chi connectivity index (χ1n) is 6.03. The molecule has 1 saturated heterocycles. The molecule has 2 heterocycles. The van der Waals surface area contributed by atoms with E-state index in [1.165, 1.54) is 16.4 Å². The molecule has 2 N–H and O–H groups in total. The molecule has 0 aliphatic carbocycles. The second kappa shape index (κ2) is 4.90. The smallest absolute Gasteiger partial charge is 0.337 e. The van der Waals surface area contributed by atoms with Gasteiger partial charge in [0, 0.05) is 11.4 Å². The molecule has 2 rings (SSSR count). The molecule has 0 bridgehead atoms. The van der Waals surface area contributed by atoms with E-state index in [9.17, 15) is 14.7 Å². The Morgan fingerprint density at radius 1 is 1.42 bits per heavy atom. The molecule has 6 nitrogen and oxygen atoms in total. The second-order valence-corrected chi connectivity index (χ2v) is 5.84. The van der Waals surface area contributed by atoms with Crippen LogP contribution >= 0.6 is 11.5 Å². The summed E-state index contributed by atoms with van der Waals surface area (Å²) in [5.74, 6) is -1.52. The number of aryl methyl sites for hydroxylation is 2. The predicted octanol–water partition coefficient (Wildman–Crippen LogP) is 0.812. The molecule has 0 radical (unpaired) electrons. The summed E-state index contributed by atoms with van der Waals surface area (Å²) in [7, 11) is 0. The Balaban J connectivity index is 2.23. The van der Waals surface area contributed by atoms with E-state index in [0.717, 1.165) is 4.88 Å². The van der Waals surface area contributed by atoms with Crippen LogP contribution in [0, 0.1) is 13.8 Å². The van der Waals surface area contributed by atoms with Crippen LogP contribution in [0.5, 0.6) is 0 Å². The van der Waals surface area contributed by atoms with Gasteiger partial charge in [0.1, 0.15) is 0 Å². The minimum absolute atomic E-state index is 0.171. The predicted molar refractivity (Wildman–Crippen MR) is 69.3 cm³/mol. The van der Waals surface area contributed by atoms with E-state index in [2.05, 4.69) is 4.37 Å². The number of hydrogen-bond donors (Lipinski definition) is 2. The number of rotatable bonds is 2. The molecule has 0 spiro atoms. The number of carboxylic acid groups (broad SMARTS) is 1. The molecule has 0 aromatic carbocycles. The van der Waals surface area contributed by atoms with Gasteiger partial charge >= 0.3 is 5.97 Å². The summed E-state index contributed by atoms with van der Waals surface area (Å²) in [4.78, 5) is 25.7. The Hall–Kier alpha value is -1.47. The zero-order valence-electron chi connectivity index (χ0n) is 10.8. The zero-order valence-corrected chi connectivity index (χ0v) is 11.7. The molecule has 1 aliphatic heterocycles. The van der Waals surface area contributed by atoms with Gasteiger partial charge in [0.15, 0.2) is 5.60 Å². The lowest BCUT2D eigenvalue weighted by molar-refractivity contribution is -0.163. The van der Waals surface area contributed by atoms with Crippen LogP contribution in [0.25, 0.3) is 0 Å². The number of likely N-dealkylation sites (tertiary alicyclic amines) is 1. The number of amides is 1. The van der Waals surface area contributed by atoms with E-state index >= 15 is 0 Å². The Morgan fingerprint density at radius 3 is 2.63 bits per heavy atom. The maximum atomic E-state index is 12.4. The van der Waals surface area contributed by atoms with Gasteiger partial charge in [0.2, 0.25) is 0 Å². The van der Waals surface area contributed by atoms with Crippen LogP contribution in [-0.4, -0.2) is 50.1 Å². The first-order valence-corrected chi connectivity index (χ1v) is 6.80. The minimum Gasteiger partial charge on any atom is -0.479 e. The fourth-order valence-electron chi connectivity index (χ4n) is 2.33. The summed E-state index contributed by atoms with van der Waals surface area (Å²) in [6.07, 6.45) is 0.649. The molecule has 1 aromatic heterocycles. The van der Waals surface area contributed by atoms with Crippen molar-refractivity contribution in [3.63, 3.8) is 0 Å². The molecular weight excluding hydrogens is 268 g/mol. The normalized spacial score (nSPS) is 23.4. The highest BCUT2D eigenvalue weighted by Gasteiger charge is 2.42. The number of aromatic nitrogens is 1. The Morgan fingerprint density at radius 2 is 2.11 bits per heavy atom. The number of carboxylic acids is 1. The molecule has 19 heavy (non-hydrogen) atoms. The van der Waals surface area contributed by atoms with Gasteiger partial charge < -0.3 is 15.1 Å². The van der Waals surface area contributed by atoms with Gasteiger partial charge in [0.05, 0.1) is 17.8 Å². The molecule has 1 amide bonds. The molecule has 1 aromatic rings. The standard InChI is InChI=1S/C12H16N2O4S/c1-7-9(8(2)19-13-7)10(15)14-5-3-4-12(18,6-14)11(16)17/h18H,3-6H2,1-2H3,(H,16,17). The van der Waals surface area contributed by atoms with E-state index in [0.29, 0.717) is 24.2 Å². The van der Waals surface area contributed by atoms with Crippen LogP contribution in [-0.2, 0) is 4.79 Å². The van der Waals surface area contributed by atoms with Crippen molar-refractivity contribution in [2.45, 2.75) is 32.3 Å². The van der Waals surface area contributed by atoms with Crippen LogP contribution < -0.4 is 0 Å². The lowest BCUT2D eigenvalue weighted by Crippen LogP contribution is -2.54. The Labute approximate surface area is 114 Å². The van der Waals surface area contributed by atoms with Crippen molar-refractivity contribution in [1.29, 1.82) is 0 Å². The number of carbonyl (C=O) groups is 2. The maximum absolute atomic E-state index is 12.4. The van der Waals surface area contributed by atoms with Crippen molar-refractivity contribution in [1.82, 2.24) is 9.27 Å². The van der Waals surface area contributed by atoms with E-state index in [-0.39, 0.29) is 18.9 Å². The van der Waals surface area contributed by atoms with Gasteiger partial charge in [-0.15, -0.1) is 0 Å². The molecule has 0 saturated carbocycles. The highest BCUT2D eigenvalue weighted by Crippen LogP contribution is 2.25. The lowest BCUT2D eigenvalue weighted by atomic mass is 9.92. The third kappa shape index (κ3) is 2.48. The van der Waals surface area contributed by atoms with Gasteiger partial charge in [-0.05, 0) is 38.2 Å². The SMILES string of the molecule is Cc1nsc(C)c1C(=O)N1CCCC(O)(C(=O)O)C1. The molecule has 1 fully saturated rings. The van der Waals surface area contributed by atoms with Gasteiger partial charge in [-0.1, -0.05) is 0 Å². The van der Waals surface area contributed by atoms with Gasteiger partial charge in [0.25, 0.3) is 5.91 Å². The van der Waals surface area contributed by atoms with Crippen molar-refractivity contribution in [2.24, 2.45) is 0 Å². The highest BCUT2D eigenvalue weighted by atomic mass is 32.1. The molecule has 104 valence electrons.